The zero-order valence-corrected chi connectivity index (χ0v) is 6.60. The molecule has 4 heteroatoms. The van der Waals surface area contributed by atoms with Crippen LogP contribution >= 0.6 is 0 Å². The van der Waals surface area contributed by atoms with Gasteiger partial charge in [0, 0.05) is 19.3 Å². The van der Waals surface area contributed by atoms with Crippen LogP contribution in [0.1, 0.15) is 12.5 Å². The molecule has 0 unspecified atom stereocenters. The Kier molecular flexibility index (Phi) is 2.95. The first-order chi connectivity index (χ1) is 5.79. The molecule has 0 saturated heterocycles. The van der Waals surface area contributed by atoms with Crippen molar-refractivity contribution in [3.05, 3.63) is 30.1 Å². The van der Waals surface area contributed by atoms with Crippen LogP contribution in [0.4, 0.5) is 0 Å². The number of hydrogen-bond acceptors (Lipinski definition) is 4. The number of oxime groups is 1. The number of hydrogen-bond donors (Lipinski definition) is 0. The van der Waals surface area contributed by atoms with Gasteiger partial charge in [0.1, 0.15) is 0 Å². The summed E-state index contributed by atoms with van der Waals surface area (Å²) in [6, 6.07) is 3.51. The third kappa shape index (κ3) is 2.92. The fraction of sp³-hybridized carbons (Fsp3) is 0.125. The van der Waals surface area contributed by atoms with E-state index in [4.69, 9.17) is 0 Å². The summed E-state index contributed by atoms with van der Waals surface area (Å²) in [7, 11) is 0. The lowest BCUT2D eigenvalue weighted by Crippen LogP contribution is -1.91. The van der Waals surface area contributed by atoms with E-state index in [0.29, 0.717) is 0 Å². The van der Waals surface area contributed by atoms with Crippen LogP contribution in [0, 0.1) is 0 Å². The van der Waals surface area contributed by atoms with Gasteiger partial charge in [-0.2, -0.15) is 0 Å². The van der Waals surface area contributed by atoms with Gasteiger partial charge in [-0.15, -0.1) is 0 Å². The van der Waals surface area contributed by atoms with Gasteiger partial charge in [0.2, 0.25) is 0 Å². The van der Waals surface area contributed by atoms with Crippen LogP contribution < -0.4 is 0 Å². The fourth-order valence-corrected chi connectivity index (χ4v) is 0.611. The van der Waals surface area contributed by atoms with Crippen molar-refractivity contribution in [2.45, 2.75) is 6.92 Å². The molecule has 0 aromatic carbocycles. The Morgan fingerprint density at radius 1 is 1.58 bits per heavy atom. The maximum absolute atomic E-state index is 10.3. The summed E-state index contributed by atoms with van der Waals surface area (Å²) in [6.07, 6.45) is 4.72. The molecule has 4 nitrogen and oxygen atoms in total. The second kappa shape index (κ2) is 4.23. The second-order valence-electron chi connectivity index (χ2n) is 2.10. The molecular weight excluding hydrogens is 156 g/mol. The Morgan fingerprint density at radius 2 is 2.25 bits per heavy atom. The van der Waals surface area contributed by atoms with Gasteiger partial charge in [-0.3, -0.25) is 4.98 Å². The van der Waals surface area contributed by atoms with Crippen LogP contribution in [0.25, 0.3) is 0 Å². The van der Waals surface area contributed by atoms with Gasteiger partial charge >= 0.3 is 5.97 Å². The molecule has 0 fully saturated rings. The summed E-state index contributed by atoms with van der Waals surface area (Å²) >= 11 is 0. The second-order valence-corrected chi connectivity index (χ2v) is 2.10. The Labute approximate surface area is 69.9 Å². The zero-order chi connectivity index (χ0) is 8.81. The molecule has 0 bridgehead atoms. The molecule has 0 aliphatic carbocycles. The van der Waals surface area contributed by atoms with Crippen LogP contribution in [0.3, 0.4) is 0 Å². The van der Waals surface area contributed by atoms with E-state index in [-0.39, 0.29) is 0 Å². The summed E-state index contributed by atoms with van der Waals surface area (Å²) < 4.78 is 0. The summed E-state index contributed by atoms with van der Waals surface area (Å²) in [5.74, 6) is -0.430. The van der Waals surface area contributed by atoms with Crippen molar-refractivity contribution < 1.29 is 9.63 Å². The standard InChI is InChI=1S/C8H8N2O2/c1-7(11)12-10-6-8-2-4-9-5-3-8/h2-6H,1H3/b10-6-. The number of nitrogens with zero attached hydrogens (tertiary/aromatic N) is 2. The smallest absolute Gasteiger partial charge is 0.319 e. The van der Waals surface area contributed by atoms with Crippen LogP contribution in [0.15, 0.2) is 29.7 Å². The topological polar surface area (TPSA) is 51.5 Å². The Hall–Kier alpha value is -1.71. The lowest BCUT2D eigenvalue weighted by Gasteiger charge is -1.89. The molecule has 0 aliphatic rings. The minimum Gasteiger partial charge on any atom is -0.319 e. The van der Waals surface area contributed by atoms with Gasteiger partial charge in [-0.1, -0.05) is 5.16 Å². The Balaban J connectivity index is 2.52. The predicted molar refractivity (Wildman–Crippen MR) is 43.6 cm³/mol. The van der Waals surface area contributed by atoms with Crippen molar-refractivity contribution in [2.75, 3.05) is 0 Å². The van der Waals surface area contributed by atoms with Crippen LogP contribution in [0.5, 0.6) is 0 Å². The van der Waals surface area contributed by atoms with Gasteiger partial charge in [-0.05, 0) is 17.7 Å². The molecule has 0 aliphatic heterocycles. The molecule has 12 heavy (non-hydrogen) atoms. The van der Waals surface area contributed by atoms with Crippen molar-refractivity contribution in [3.63, 3.8) is 0 Å². The largest absolute Gasteiger partial charge is 0.331 e. The number of carbonyl (C=O) groups is 1. The molecule has 0 radical (unpaired) electrons. The quantitative estimate of drug-likeness (QED) is 0.372. The van der Waals surface area contributed by atoms with E-state index in [1.807, 2.05) is 0 Å². The molecule has 0 saturated carbocycles. The maximum Gasteiger partial charge on any atom is 0.331 e. The van der Waals surface area contributed by atoms with E-state index in [9.17, 15) is 4.79 Å². The zero-order valence-electron chi connectivity index (χ0n) is 6.60. The number of carbonyl (C=O) groups excluding carboxylic acids is 1. The Morgan fingerprint density at radius 3 is 2.83 bits per heavy atom. The molecule has 1 aromatic heterocycles. The Bertz CT molecular complexity index is 282. The monoisotopic (exact) mass is 164 g/mol. The third-order valence-corrected chi connectivity index (χ3v) is 1.09. The van der Waals surface area contributed by atoms with Crippen molar-refractivity contribution in [2.24, 2.45) is 5.16 Å². The van der Waals surface area contributed by atoms with Crippen LogP contribution in [0.2, 0.25) is 0 Å². The number of rotatable bonds is 2. The summed E-state index contributed by atoms with van der Waals surface area (Å²) in [4.78, 5) is 18.5. The van der Waals surface area contributed by atoms with E-state index in [1.54, 1.807) is 24.5 Å². The van der Waals surface area contributed by atoms with Gasteiger partial charge in [0.05, 0.1) is 6.21 Å². The molecule has 1 rings (SSSR count). The van der Waals surface area contributed by atoms with Gasteiger partial charge in [-0.25, -0.2) is 4.79 Å². The van der Waals surface area contributed by atoms with Gasteiger partial charge in [0.15, 0.2) is 0 Å². The summed E-state index contributed by atoms with van der Waals surface area (Å²) in [5.41, 5.74) is 0.839. The molecule has 0 amide bonds. The van der Waals surface area contributed by atoms with Crippen molar-refractivity contribution in [3.8, 4) is 0 Å². The minimum absolute atomic E-state index is 0.430. The molecule has 0 spiro atoms. The normalized spacial score (nSPS) is 10.1. The number of pyridine rings is 1. The van der Waals surface area contributed by atoms with Gasteiger partial charge < -0.3 is 4.84 Å². The summed E-state index contributed by atoms with van der Waals surface area (Å²) in [6.45, 7) is 1.30. The first-order valence-electron chi connectivity index (χ1n) is 3.40. The minimum atomic E-state index is -0.430. The van der Waals surface area contributed by atoms with Crippen LogP contribution in [-0.2, 0) is 9.63 Å². The van der Waals surface area contributed by atoms with Crippen molar-refractivity contribution >= 4 is 12.2 Å². The van der Waals surface area contributed by atoms with Crippen molar-refractivity contribution in [1.29, 1.82) is 0 Å². The average molecular weight is 164 g/mol. The highest BCUT2D eigenvalue weighted by Crippen LogP contribution is 1.91. The molecule has 1 heterocycles. The van der Waals surface area contributed by atoms with E-state index in [1.165, 1.54) is 13.1 Å². The fourth-order valence-electron chi connectivity index (χ4n) is 0.611. The van der Waals surface area contributed by atoms with Crippen molar-refractivity contribution in [1.82, 2.24) is 4.98 Å². The van der Waals surface area contributed by atoms with E-state index in [2.05, 4.69) is 15.0 Å². The lowest BCUT2D eigenvalue weighted by molar-refractivity contribution is -0.140. The predicted octanol–water partition coefficient (Wildman–Crippen LogP) is 0.979. The maximum atomic E-state index is 10.3. The summed E-state index contributed by atoms with van der Waals surface area (Å²) in [5, 5.41) is 3.44. The first kappa shape index (κ1) is 8.39. The molecule has 62 valence electrons. The molecule has 0 N–H and O–H groups in total. The molecule has 0 atom stereocenters. The van der Waals surface area contributed by atoms with E-state index in [0.717, 1.165) is 5.56 Å². The lowest BCUT2D eigenvalue weighted by atomic mass is 10.3. The molecular formula is C8H8N2O2. The van der Waals surface area contributed by atoms with Gasteiger partial charge in [0.25, 0.3) is 0 Å². The highest BCUT2D eigenvalue weighted by atomic mass is 16.7. The molecule has 1 aromatic rings. The first-order valence-corrected chi connectivity index (χ1v) is 3.40. The highest BCUT2D eigenvalue weighted by molar-refractivity contribution is 5.79. The van der Waals surface area contributed by atoms with E-state index >= 15 is 0 Å². The SMILES string of the molecule is CC(=O)O/N=C\c1ccncc1. The average Bonchev–Trinajstić information content (AvgIpc) is 2.05. The van der Waals surface area contributed by atoms with Crippen LogP contribution in [-0.4, -0.2) is 17.2 Å². The third-order valence-electron chi connectivity index (χ3n) is 1.09. The number of aromatic nitrogens is 1. The van der Waals surface area contributed by atoms with E-state index < -0.39 is 5.97 Å². The highest BCUT2D eigenvalue weighted by Gasteiger charge is 1.87.